The number of non-ortho nitro benzene ring substituents is 1. The minimum absolute atomic E-state index is 0. The fourth-order valence-corrected chi connectivity index (χ4v) is 3.03. The van der Waals surface area contributed by atoms with Crippen molar-refractivity contribution in [3.63, 3.8) is 0 Å². The van der Waals surface area contributed by atoms with Crippen molar-refractivity contribution in [3.05, 3.63) is 75.3 Å². The summed E-state index contributed by atoms with van der Waals surface area (Å²) in [5.41, 5.74) is 3.86. The van der Waals surface area contributed by atoms with Crippen LogP contribution >= 0.6 is 12.4 Å². The maximum atomic E-state index is 10.7. The largest absolute Gasteiger partial charge is 0.356 e. The van der Waals surface area contributed by atoms with Crippen LogP contribution in [0.4, 0.5) is 5.69 Å². The minimum atomic E-state index is -0.364. The van der Waals surface area contributed by atoms with Crippen LogP contribution in [0.5, 0.6) is 0 Å². The summed E-state index contributed by atoms with van der Waals surface area (Å²) in [5, 5.41) is 10.7. The van der Waals surface area contributed by atoms with E-state index in [1.807, 2.05) is 12.1 Å². The lowest BCUT2D eigenvalue weighted by atomic mass is 10.1. The molecule has 3 rings (SSSR count). The van der Waals surface area contributed by atoms with Gasteiger partial charge in [0.25, 0.3) is 5.69 Å². The number of hydrogen-bond acceptors (Lipinski definition) is 4. The Balaban J connectivity index is 0.00000225. The highest BCUT2D eigenvalue weighted by Crippen LogP contribution is 2.19. The van der Waals surface area contributed by atoms with E-state index in [1.54, 1.807) is 12.1 Å². The van der Waals surface area contributed by atoms with Crippen LogP contribution in [-0.2, 0) is 19.5 Å². The van der Waals surface area contributed by atoms with Crippen LogP contribution in [0.2, 0.25) is 0 Å². The molecule has 25 heavy (non-hydrogen) atoms. The Kier molecular flexibility index (Phi) is 6.53. The van der Waals surface area contributed by atoms with Crippen molar-refractivity contribution in [1.29, 1.82) is 0 Å². The molecule has 2 aromatic rings. The van der Waals surface area contributed by atoms with E-state index < -0.39 is 0 Å². The fourth-order valence-electron chi connectivity index (χ4n) is 3.03. The topological polar surface area (TPSA) is 58.7 Å². The molecule has 0 fully saturated rings. The van der Waals surface area contributed by atoms with Gasteiger partial charge in [-0.3, -0.25) is 15.1 Å². The Hall–Kier alpha value is -2.40. The molecule has 1 aliphatic rings. The number of fused-ring (bicyclic) bond motifs is 1. The van der Waals surface area contributed by atoms with Gasteiger partial charge in [0.1, 0.15) is 0 Å². The molecule has 6 heteroatoms. The van der Waals surface area contributed by atoms with Crippen molar-refractivity contribution in [2.75, 3.05) is 6.54 Å². The highest BCUT2D eigenvalue weighted by molar-refractivity contribution is 5.85. The second-order valence-corrected chi connectivity index (χ2v) is 5.95. The predicted octanol–water partition coefficient (Wildman–Crippen LogP) is 4.38. The van der Waals surface area contributed by atoms with Gasteiger partial charge in [0, 0.05) is 31.6 Å². The number of nitro benzene ring substituents is 1. The Morgan fingerprint density at radius 1 is 1.12 bits per heavy atom. The molecule has 0 radical (unpaired) electrons. The van der Waals surface area contributed by atoms with E-state index in [9.17, 15) is 10.1 Å². The van der Waals surface area contributed by atoms with Crippen molar-refractivity contribution in [3.8, 4) is 0 Å². The quantitative estimate of drug-likeness (QED) is 0.587. The Labute approximate surface area is 153 Å². The van der Waals surface area contributed by atoms with Crippen molar-refractivity contribution in [2.24, 2.45) is 4.99 Å². The summed E-state index contributed by atoms with van der Waals surface area (Å²) in [7, 11) is 0. The minimum Gasteiger partial charge on any atom is -0.356 e. The van der Waals surface area contributed by atoms with E-state index in [-0.39, 0.29) is 23.0 Å². The average molecular weight is 360 g/mol. The molecule has 0 saturated carbocycles. The van der Waals surface area contributed by atoms with E-state index in [0.29, 0.717) is 0 Å². The number of hydrogen-bond donors (Lipinski definition) is 0. The van der Waals surface area contributed by atoms with Crippen molar-refractivity contribution in [1.82, 2.24) is 4.90 Å². The van der Waals surface area contributed by atoms with Crippen LogP contribution < -0.4 is 0 Å². The molecule has 0 N–H and O–H groups in total. The molecule has 0 spiro atoms. The number of benzene rings is 2. The number of rotatable bonds is 5. The van der Waals surface area contributed by atoms with Gasteiger partial charge in [-0.2, -0.15) is 0 Å². The standard InChI is InChI=1S/C19H21N3O2.ClH/c1-2-19-20-13-16-5-3-4-6-17(16)14-21(19)12-11-15-7-9-18(10-8-15)22(23)24;/h3-10H,2,11-14H2,1H3;1H. The molecular weight excluding hydrogens is 338 g/mol. The number of aliphatic imine (C=N–C) groups is 1. The normalized spacial score (nSPS) is 13.3. The first kappa shape index (κ1) is 18.9. The molecule has 0 saturated heterocycles. The van der Waals surface area contributed by atoms with Crippen LogP contribution in [0.3, 0.4) is 0 Å². The zero-order valence-electron chi connectivity index (χ0n) is 14.2. The fraction of sp³-hybridized carbons (Fsp3) is 0.316. The van der Waals surface area contributed by atoms with Crippen LogP contribution in [-0.4, -0.2) is 22.2 Å². The highest BCUT2D eigenvalue weighted by Gasteiger charge is 2.16. The molecule has 0 amide bonds. The third-order valence-corrected chi connectivity index (χ3v) is 4.41. The lowest BCUT2D eigenvalue weighted by molar-refractivity contribution is -0.384. The second kappa shape index (κ2) is 8.62. The predicted molar refractivity (Wildman–Crippen MR) is 102 cm³/mol. The average Bonchev–Trinajstić information content (AvgIpc) is 2.79. The lowest BCUT2D eigenvalue weighted by Crippen LogP contribution is -2.31. The molecule has 1 aliphatic heterocycles. The van der Waals surface area contributed by atoms with Crippen molar-refractivity contribution < 1.29 is 4.92 Å². The first-order valence-corrected chi connectivity index (χ1v) is 8.25. The Morgan fingerprint density at radius 2 is 1.80 bits per heavy atom. The van der Waals surface area contributed by atoms with E-state index in [1.165, 1.54) is 11.1 Å². The molecule has 132 valence electrons. The smallest absolute Gasteiger partial charge is 0.269 e. The van der Waals surface area contributed by atoms with Crippen molar-refractivity contribution in [2.45, 2.75) is 32.9 Å². The van der Waals surface area contributed by atoms with Gasteiger partial charge in [-0.15, -0.1) is 12.4 Å². The van der Waals surface area contributed by atoms with Crippen LogP contribution in [0.25, 0.3) is 0 Å². The zero-order chi connectivity index (χ0) is 16.9. The Morgan fingerprint density at radius 3 is 2.44 bits per heavy atom. The molecular formula is C19H22ClN3O2. The van der Waals surface area contributed by atoms with Crippen molar-refractivity contribution >= 4 is 23.9 Å². The molecule has 0 unspecified atom stereocenters. The summed E-state index contributed by atoms with van der Waals surface area (Å²) in [6, 6.07) is 15.3. The number of nitro groups is 1. The number of amidine groups is 1. The van der Waals surface area contributed by atoms with E-state index >= 15 is 0 Å². The SMILES string of the molecule is CCC1=NCc2ccccc2CN1CCc1ccc([N+](=O)[O-])cc1.Cl. The summed E-state index contributed by atoms with van der Waals surface area (Å²) in [4.78, 5) is 17.5. The molecule has 0 bridgehead atoms. The first-order chi connectivity index (χ1) is 11.7. The summed E-state index contributed by atoms with van der Waals surface area (Å²) in [6.07, 6.45) is 1.76. The van der Waals surface area contributed by atoms with E-state index in [4.69, 9.17) is 4.99 Å². The van der Waals surface area contributed by atoms with Gasteiger partial charge in [0.05, 0.1) is 17.3 Å². The van der Waals surface area contributed by atoms with Gasteiger partial charge in [0.2, 0.25) is 0 Å². The van der Waals surface area contributed by atoms with Crippen LogP contribution in [0.1, 0.15) is 30.0 Å². The third kappa shape index (κ3) is 4.57. The summed E-state index contributed by atoms with van der Waals surface area (Å²) in [6.45, 7) is 4.61. The van der Waals surface area contributed by atoms with Gasteiger partial charge in [-0.25, -0.2) is 0 Å². The Bertz CT molecular complexity index is 760. The van der Waals surface area contributed by atoms with E-state index in [2.05, 4.69) is 36.1 Å². The third-order valence-electron chi connectivity index (χ3n) is 4.41. The molecule has 2 aromatic carbocycles. The molecule has 1 heterocycles. The second-order valence-electron chi connectivity index (χ2n) is 5.95. The molecule has 0 aliphatic carbocycles. The van der Waals surface area contributed by atoms with Gasteiger partial charge >= 0.3 is 0 Å². The molecule has 0 atom stereocenters. The first-order valence-electron chi connectivity index (χ1n) is 8.25. The zero-order valence-corrected chi connectivity index (χ0v) is 15.0. The van der Waals surface area contributed by atoms with Gasteiger partial charge in [-0.05, 0) is 23.1 Å². The van der Waals surface area contributed by atoms with Crippen LogP contribution in [0.15, 0.2) is 53.5 Å². The highest BCUT2D eigenvalue weighted by atomic mass is 35.5. The number of nitrogens with zero attached hydrogens (tertiary/aromatic N) is 3. The summed E-state index contributed by atoms with van der Waals surface area (Å²) < 4.78 is 0. The molecule has 5 nitrogen and oxygen atoms in total. The van der Waals surface area contributed by atoms with Gasteiger partial charge < -0.3 is 4.90 Å². The summed E-state index contributed by atoms with van der Waals surface area (Å²) >= 11 is 0. The van der Waals surface area contributed by atoms with E-state index in [0.717, 1.165) is 43.9 Å². The maximum Gasteiger partial charge on any atom is 0.269 e. The molecule has 0 aromatic heterocycles. The summed E-state index contributed by atoms with van der Waals surface area (Å²) in [5.74, 6) is 1.13. The monoisotopic (exact) mass is 359 g/mol. The lowest BCUT2D eigenvalue weighted by Gasteiger charge is -2.24. The van der Waals surface area contributed by atoms with Gasteiger partial charge in [0.15, 0.2) is 0 Å². The van der Waals surface area contributed by atoms with Crippen LogP contribution in [0, 0.1) is 10.1 Å². The van der Waals surface area contributed by atoms with Gasteiger partial charge in [-0.1, -0.05) is 43.3 Å². The number of halogens is 1. The maximum absolute atomic E-state index is 10.7.